The number of hydrogen-bond acceptors (Lipinski definition) is 2. The van der Waals surface area contributed by atoms with Crippen LogP contribution < -0.4 is 0 Å². The molecule has 0 atom stereocenters. The summed E-state index contributed by atoms with van der Waals surface area (Å²) in [6.07, 6.45) is 3.37. The van der Waals surface area contributed by atoms with Crippen LogP contribution in [0.25, 0.3) is 0 Å². The summed E-state index contributed by atoms with van der Waals surface area (Å²) < 4.78 is 1.59. The van der Waals surface area contributed by atoms with E-state index in [0.717, 1.165) is 0 Å². The topological polar surface area (TPSA) is 34.9 Å². The van der Waals surface area contributed by atoms with Crippen LogP contribution in [-0.2, 0) is 11.3 Å². The predicted octanol–water partition coefficient (Wildman–Crippen LogP) is 1.20. The number of carbonyl (C=O) groups is 1. The first-order valence-electron chi connectivity index (χ1n) is 3.05. The monoisotopic (exact) mass is 170 g/mol. The van der Waals surface area contributed by atoms with Crippen LogP contribution >= 0.6 is 11.6 Å². The summed E-state index contributed by atoms with van der Waals surface area (Å²) in [6.45, 7) is 3.84. The van der Waals surface area contributed by atoms with Crippen LogP contribution in [0.4, 0.5) is 0 Å². The molecule has 3 nitrogen and oxygen atoms in total. The summed E-state index contributed by atoms with van der Waals surface area (Å²) >= 11 is 5.17. The first-order valence-corrected chi connectivity index (χ1v) is 3.43. The maximum Gasteiger partial charge on any atom is 0.249 e. The highest BCUT2D eigenvalue weighted by Crippen LogP contribution is 1.99. The molecule has 0 saturated carbocycles. The van der Waals surface area contributed by atoms with Gasteiger partial charge in [0.2, 0.25) is 5.24 Å². The molecule has 1 rings (SSSR count). The van der Waals surface area contributed by atoms with E-state index in [9.17, 15) is 4.79 Å². The van der Waals surface area contributed by atoms with E-state index in [0.29, 0.717) is 12.1 Å². The summed E-state index contributed by atoms with van der Waals surface area (Å²) in [5.74, 6) is 0. The average Bonchev–Trinajstić information content (AvgIpc) is 2.39. The molecule has 1 aromatic rings. The first kappa shape index (κ1) is 8.01. The smallest absolute Gasteiger partial charge is 0.249 e. The molecule has 0 saturated heterocycles. The Kier molecular flexibility index (Phi) is 2.44. The maximum atomic E-state index is 10.5. The molecule has 0 bridgehead atoms. The van der Waals surface area contributed by atoms with Gasteiger partial charge in [-0.25, -0.2) is 0 Å². The fourth-order valence-corrected chi connectivity index (χ4v) is 0.711. The van der Waals surface area contributed by atoms with Crippen molar-refractivity contribution >= 4 is 16.8 Å². The zero-order chi connectivity index (χ0) is 8.27. The van der Waals surface area contributed by atoms with Crippen LogP contribution in [0, 0.1) is 0 Å². The third-order valence-electron chi connectivity index (χ3n) is 1.19. The van der Waals surface area contributed by atoms with Crippen molar-refractivity contribution in [1.82, 2.24) is 9.78 Å². The zero-order valence-electron chi connectivity index (χ0n) is 5.83. The number of allylic oxidation sites excluding steroid dienone is 1. The highest BCUT2D eigenvalue weighted by molar-refractivity contribution is 6.67. The molecule has 0 amide bonds. The van der Waals surface area contributed by atoms with Crippen molar-refractivity contribution in [3.8, 4) is 0 Å². The van der Waals surface area contributed by atoms with E-state index in [1.165, 1.54) is 0 Å². The SMILES string of the molecule is C=C(Cn1cccn1)C(=O)Cl. The molecule has 0 fully saturated rings. The fourth-order valence-electron chi connectivity index (χ4n) is 0.652. The van der Waals surface area contributed by atoms with Gasteiger partial charge < -0.3 is 0 Å². The molecular weight excluding hydrogens is 164 g/mol. The molecule has 0 N–H and O–H groups in total. The Hall–Kier alpha value is -1.09. The summed E-state index contributed by atoms with van der Waals surface area (Å²) in [5.41, 5.74) is 0.343. The Balaban J connectivity index is 2.57. The molecule has 0 aromatic carbocycles. The van der Waals surface area contributed by atoms with Gasteiger partial charge in [0.05, 0.1) is 6.54 Å². The van der Waals surface area contributed by atoms with Gasteiger partial charge in [0.1, 0.15) is 0 Å². The van der Waals surface area contributed by atoms with Crippen molar-refractivity contribution in [2.24, 2.45) is 0 Å². The van der Waals surface area contributed by atoms with Crippen LogP contribution in [0.1, 0.15) is 0 Å². The zero-order valence-corrected chi connectivity index (χ0v) is 6.58. The van der Waals surface area contributed by atoms with Crippen molar-refractivity contribution < 1.29 is 4.79 Å². The Bertz CT molecular complexity index is 266. The lowest BCUT2D eigenvalue weighted by molar-refractivity contribution is -0.108. The summed E-state index contributed by atoms with van der Waals surface area (Å²) in [7, 11) is 0. The van der Waals surface area contributed by atoms with Crippen molar-refractivity contribution in [1.29, 1.82) is 0 Å². The van der Waals surface area contributed by atoms with E-state index in [4.69, 9.17) is 11.6 Å². The largest absolute Gasteiger partial charge is 0.276 e. The van der Waals surface area contributed by atoms with Gasteiger partial charge in [-0.1, -0.05) is 6.58 Å². The van der Waals surface area contributed by atoms with E-state index < -0.39 is 5.24 Å². The molecule has 11 heavy (non-hydrogen) atoms. The normalized spacial score (nSPS) is 9.55. The second kappa shape index (κ2) is 3.34. The number of aromatic nitrogens is 2. The third kappa shape index (κ3) is 2.20. The Morgan fingerprint density at radius 2 is 2.45 bits per heavy atom. The van der Waals surface area contributed by atoms with E-state index in [1.807, 2.05) is 0 Å². The maximum absolute atomic E-state index is 10.5. The van der Waals surface area contributed by atoms with E-state index in [1.54, 1.807) is 23.1 Å². The molecule has 4 heteroatoms. The van der Waals surface area contributed by atoms with E-state index in [2.05, 4.69) is 11.7 Å². The van der Waals surface area contributed by atoms with Crippen molar-refractivity contribution in [2.75, 3.05) is 0 Å². The molecule has 58 valence electrons. The molecular formula is C7H7ClN2O. The lowest BCUT2D eigenvalue weighted by atomic mass is 10.3. The average molecular weight is 171 g/mol. The fraction of sp³-hybridized carbons (Fsp3) is 0.143. The second-order valence-corrected chi connectivity index (χ2v) is 2.42. The lowest BCUT2D eigenvalue weighted by Crippen LogP contribution is -2.04. The second-order valence-electron chi connectivity index (χ2n) is 2.08. The van der Waals surface area contributed by atoms with Crippen LogP contribution in [-0.4, -0.2) is 15.0 Å². The van der Waals surface area contributed by atoms with Crippen LogP contribution in [0.5, 0.6) is 0 Å². The molecule has 1 aromatic heterocycles. The van der Waals surface area contributed by atoms with E-state index in [-0.39, 0.29) is 0 Å². The van der Waals surface area contributed by atoms with Crippen LogP contribution in [0.2, 0.25) is 0 Å². The summed E-state index contributed by atoms with van der Waals surface area (Å²) in [6, 6.07) is 1.77. The minimum atomic E-state index is -0.513. The van der Waals surface area contributed by atoms with Gasteiger partial charge in [-0.2, -0.15) is 5.10 Å². The Labute approximate surface area is 69.3 Å². The molecule has 0 unspecified atom stereocenters. The van der Waals surface area contributed by atoms with Crippen LogP contribution in [0.3, 0.4) is 0 Å². The van der Waals surface area contributed by atoms with Gasteiger partial charge in [0, 0.05) is 18.0 Å². The molecule has 0 aliphatic rings. The van der Waals surface area contributed by atoms with Crippen molar-refractivity contribution in [2.45, 2.75) is 6.54 Å². The lowest BCUT2D eigenvalue weighted by Gasteiger charge is -1.98. The van der Waals surface area contributed by atoms with Gasteiger partial charge in [0.25, 0.3) is 0 Å². The molecule has 0 radical (unpaired) electrons. The number of hydrogen-bond donors (Lipinski definition) is 0. The van der Waals surface area contributed by atoms with Gasteiger partial charge in [-0.05, 0) is 17.7 Å². The number of rotatable bonds is 3. The number of carbonyl (C=O) groups excluding carboxylic acids is 1. The molecule has 0 aliphatic carbocycles. The minimum absolute atomic E-state index is 0.343. The quantitative estimate of drug-likeness (QED) is 0.505. The van der Waals surface area contributed by atoms with E-state index >= 15 is 0 Å². The first-order chi connectivity index (χ1) is 5.20. The third-order valence-corrected chi connectivity index (χ3v) is 1.46. The molecule has 0 aliphatic heterocycles. The van der Waals surface area contributed by atoms with Gasteiger partial charge in [-0.3, -0.25) is 9.48 Å². The van der Waals surface area contributed by atoms with Crippen LogP contribution in [0.15, 0.2) is 30.6 Å². The van der Waals surface area contributed by atoms with Gasteiger partial charge in [0.15, 0.2) is 0 Å². The highest BCUT2D eigenvalue weighted by atomic mass is 35.5. The number of halogens is 1. The van der Waals surface area contributed by atoms with Crippen molar-refractivity contribution in [3.63, 3.8) is 0 Å². The summed E-state index contributed by atoms with van der Waals surface area (Å²) in [4.78, 5) is 10.5. The predicted molar refractivity (Wildman–Crippen MR) is 42.2 cm³/mol. The Morgan fingerprint density at radius 1 is 1.73 bits per heavy atom. The van der Waals surface area contributed by atoms with Gasteiger partial charge in [-0.15, -0.1) is 0 Å². The van der Waals surface area contributed by atoms with Gasteiger partial charge >= 0.3 is 0 Å². The molecule has 0 spiro atoms. The standard InChI is InChI=1S/C7H7ClN2O/c1-6(7(8)11)5-10-4-2-3-9-10/h2-4H,1,5H2. The highest BCUT2D eigenvalue weighted by Gasteiger charge is 2.02. The minimum Gasteiger partial charge on any atom is -0.276 e. The number of nitrogens with zero attached hydrogens (tertiary/aromatic N) is 2. The molecule has 1 heterocycles. The van der Waals surface area contributed by atoms with Crippen molar-refractivity contribution in [3.05, 3.63) is 30.6 Å². The Morgan fingerprint density at radius 3 is 2.91 bits per heavy atom. The summed E-state index contributed by atoms with van der Waals surface area (Å²) in [5, 5.41) is 3.37.